The minimum Gasteiger partial charge on any atom is -0.465 e. The molecule has 7 heteroatoms. The summed E-state index contributed by atoms with van der Waals surface area (Å²) in [6, 6.07) is 6.35. The van der Waals surface area contributed by atoms with Crippen molar-refractivity contribution in [3.05, 3.63) is 41.5 Å². The number of hydrogen-bond donors (Lipinski definition) is 2. The third-order valence-electron chi connectivity index (χ3n) is 2.63. The van der Waals surface area contributed by atoms with E-state index in [1.807, 2.05) is 6.92 Å². The zero-order chi connectivity index (χ0) is 14.5. The van der Waals surface area contributed by atoms with Crippen molar-refractivity contribution in [1.29, 1.82) is 0 Å². The molecule has 2 N–H and O–H groups in total. The van der Waals surface area contributed by atoms with E-state index in [2.05, 4.69) is 25.2 Å². The second-order valence-corrected chi connectivity index (χ2v) is 3.98. The maximum atomic E-state index is 11.9. The Labute approximate surface area is 115 Å². The van der Waals surface area contributed by atoms with Gasteiger partial charge in [0.25, 0.3) is 5.91 Å². The monoisotopic (exact) mass is 274 g/mol. The Morgan fingerprint density at radius 2 is 2.00 bits per heavy atom. The van der Waals surface area contributed by atoms with E-state index < -0.39 is 11.9 Å². The van der Waals surface area contributed by atoms with Gasteiger partial charge in [0.05, 0.1) is 12.7 Å². The number of anilines is 1. The summed E-state index contributed by atoms with van der Waals surface area (Å²) in [7, 11) is 1.31. The van der Waals surface area contributed by atoms with Crippen LogP contribution in [-0.4, -0.2) is 34.2 Å². The molecule has 1 aromatic carbocycles. The van der Waals surface area contributed by atoms with E-state index in [4.69, 9.17) is 0 Å². The number of aromatic nitrogens is 3. The predicted octanol–water partition coefficient (Wildman–Crippen LogP) is 1.41. The van der Waals surface area contributed by atoms with Gasteiger partial charge in [-0.1, -0.05) is 6.92 Å². The number of methoxy groups -OCH3 is 1. The minimum absolute atomic E-state index is 0.0823. The molecule has 0 atom stereocenters. The van der Waals surface area contributed by atoms with Crippen LogP contribution in [-0.2, 0) is 11.2 Å². The van der Waals surface area contributed by atoms with E-state index in [1.54, 1.807) is 24.3 Å². The topological polar surface area (TPSA) is 97.0 Å². The van der Waals surface area contributed by atoms with Crippen molar-refractivity contribution in [3.8, 4) is 0 Å². The largest absolute Gasteiger partial charge is 0.465 e. The molecule has 2 rings (SSSR count). The summed E-state index contributed by atoms with van der Waals surface area (Å²) in [6.45, 7) is 1.91. The van der Waals surface area contributed by atoms with Gasteiger partial charge in [0, 0.05) is 12.1 Å². The first-order chi connectivity index (χ1) is 9.63. The van der Waals surface area contributed by atoms with Crippen LogP contribution in [0.15, 0.2) is 24.3 Å². The van der Waals surface area contributed by atoms with Gasteiger partial charge in [-0.25, -0.2) is 9.78 Å². The highest BCUT2D eigenvalue weighted by atomic mass is 16.5. The van der Waals surface area contributed by atoms with E-state index in [1.165, 1.54) is 7.11 Å². The van der Waals surface area contributed by atoms with Gasteiger partial charge in [-0.3, -0.25) is 9.89 Å². The number of ether oxygens (including phenoxy) is 1. The number of hydrogen-bond acceptors (Lipinski definition) is 5. The first-order valence-corrected chi connectivity index (χ1v) is 6.05. The zero-order valence-electron chi connectivity index (χ0n) is 11.1. The Kier molecular flexibility index (Phi) is 4.09. The number of amides is 1. The van der Waals surface area contributed by atoms with Gasteiger partial charge in [-0.15, -0.1) is 5.10 Å². The SMILES string of the molecule is CCc1nc(C(=O)Nc2ccc(C(=O)OC)cc2)n[nH]1. The van der Waals surface area contributed by atoms with Crippen LogP contribution < -0.4 is 5.32 Å². The second-order valence-electron chi connectivity index (χ2n) is 3.98. The standard InChI is InChI=1S/C13H14N4O3/c1-3-10-15-11(17-16-10)12(18)14-9-6-4-8(5-7-9)13(19)20-2/h4-7H,3H2,1-2H3,(H,14,18)(H,15,16,17). The van der Waals surface area contributed by atoms with Crippen molar-refractivity contribution >= 4 is 17.6 Å². The fraction of sp³-hybridized carbons (Fsp3) is 0.231. The summed E-state index contributed by atoms with van der Waals surface area (Å²) in [5.74, 6) is -0.105. The molecule has 7 nitrogen and oxygen atoms in total. The van der Waals surface area contributed by atoms with Gasteiger partial charge < -0.3 is 10.1 Å². The van der Waals surface area contributed by atoms with Gasteiger partial charge in [-0.2, -0.15) is 0 Å². The van der Waals surface area contributed by atoms with Crippen LogP contribution in [0.1, 0.15) is 33.7 Å². The average Bonchev–Trinajstić information content (AvgIpc) is 2.96. The molecular formula is C13H14N4O3. The highest BCUT2D eigenvalue weighted by molar-refractivity contribution is 6.01. The molecule has 0 saturated heterocycles. The number of rotatable bonds is 4. The Bertz CT molecular complexity index is 619. The van der Waals surface area contributed by atoms with Crippen LogP contribution in [0, 0.1) is 0 Å². The molecule has 104 valence electrons. The van der Waals surface area contributed by atoms with Gasteiger partial charge in [0.15, 0.2) is 0 Å². The van der Waals surface area contributed by atoms with Crippen LogP contribution >= 0.6 is 0 Å². The molecular weight excluding hydrogens is 260 g/mol. The molecule has 0 bridgehead atoms. The number of benzene rings is 1. The quantitative estimate of drug-likeness (QED) is 0.821. The summed E-state index contributed by atoms with van der Waals surface area (Å²) >= 11 is 0. The number of H-pyrrole nitrogens is 1. The highest BCUT2D eigenvalue weighted by Gasteiger charge is 2.12. The molecule has 0 unspecified atom stereocenters. The fourth-order valence-corrected chi connectivity index (χ4v) is 1.55. The number of esters is 1. The molecule has 0 aliphatic carbocycles. The molecule has 0 saturated carbocycles. The summed E-state index contributed by atoms with van der Waals surface area (Å²) in [5, 5.41) is 9.13. The van der Waals surface area contributed by atoms with Crippen molar-refractivity contribution in [1.82, 2.24) is 15.2 Å². The van der Waals surface area contributed by atoms with Gasteiger partial charge in [0.2, 0.25) is 5.82 Å². The van der Waals surface area contributed by atoms with Gasteiger partial charge in [-0.05, 0) is 24.3 Å². The number of nitrogens with one attached hydrogen (secondary N) is 2. The molecule has 2 aromatic rings. The maximum Gasteiger partial charge on any atom is 0.337 e. The lowest BCUT2D eigenvalue weighted by atomic mass is 10.2. The van der Waals surface area contributed by atoms with Crippen molar-refractivity contribution in [3.63, 3.8) is 0 Å². The minimum atomic E-state index is -0.426. The number of nitrogens with zero attached hydrogens (tertiary/aromatic N) is 2. The van der Waals surface area contributed by atoms with Crippen LogP contribution in [0.5, 0.6) is 0 Å². The Morgan fingerprint density at radius 1 is 1.30 bits per heavy atom. The van der Waals surface area contributed by atoms with Gasteiger partial charge in [0.1, 0.15) is 5.82 Å². The Hall–Kier alpha value is -2.70. The first kappa shape index (κ1) is 13.7. The van der Waals surface area contributed by atoms with Crippen molar-refractivity contribution in [2.75, 3.05) is 12.4 Å². The molecule has 1 amide bonds. The Morgan fingerprint density at radius 3 is 2.55 bits per heavy atom. The number of aryl methyl sites for hydroxylation is 1. The lowest BCUT2D eigenvalue weighted by Gasteiger charge is -2.03. The van der Waals surface area contributed by atoms with E-state index in [0.29, 0.717) is 23.5 Å². The van der Waals surface area contributed by atoms with E-state index in [-0.39, 0.29) is 5.82 Å². The molecule has 20 heavy (non-hydrogen) atoms. The van der Waals surface area contributed by atoms with Crippen molar-refractivity contribution in [2.45, 2.75) is 13.3 Å². The fourth-order valence-electron chi connectivity index (χ4n) is 1.55. The number of carbonyl (C=O) groups is 2. The predicted molar refractivity (Wildman–Crippen MR) is 71.5 cm³/mol. The maximum absolute atomic E-state index is 11.9. The molecule has 0 fully saturated rings. The normalized spacial score (nSPS) is 10.1. The molecule has 1 heterocycles. The molecule has 0 aliphatic rings. The van der Waals surface area contributed by atoms with Crippen LogP contribution in [0.2, 0.25) is 0 Å². The summed E-state index contributed by atoms with van der Waals surface area (Å²) < 4.78 is 4.59. The van der Waals surface area contributed by atoms with Crippen molar-refractivity contribution in [2.24, 2.45) is 0 Å². The highest BCUT2D eigenvalue weighted by Crippen LogP contribution is 2.11. The van der Waals surface area contributed by atoms with Gasteiger partial charge >= 0.3 is 5.97 Å². The lowest BCUT2D eigenvalue weighted by Crippen LogP contribution is -2.14. The number of carbonyl (C=O) groups excluding carboxylic acids is 2. The molecule has 0 radical (unpaired) electrons. The molecule has 1 aromatic heterocycles. The van der Waals surface area contributed by atoms with Crippen molar-refractivity contribution < 1.29 is 14.3 Å². The Balaban J connectivity index is 2.06. The van der Waals surface area contributed by atoms with E-state index >= 15 is 0 Å². The first-order valence-electron chi connectivity index (χ1n) is 6.05. The zero-order valence-corrected chi connectivity index (χ0v) is 11.1. The van der Waals surface area contributed by atoms with Crippen LogP contribution in [0.25, 0.3) is 0 Å². The summed E-state index contributed by atoms with van der Waals surface area (Å²) in [4.78, 5) is 27.2. The smallest absolute Gasteiger partial charge is 0.337 e. The molecule has 0 spiro atoms. The molecule has 0 aliphatic heterocycles. The van der Waals surface area contributed by atoms with E-state index in [9.17, 15) is 9.59 Å². The summed E-state index contributed by atoms with van der Waals surface area (Å²) in [6.07, 6.45) is 0.675. The average molecular weight is 274 g/mol. The third kappa shape index (κ3) is 3.00. The second kappa shape index (κ2) is 5.96. The lowest BCUT2D eigenvalue weighted by molar-refractivity contribution is 0.0600. The third-order valence-corrected chi connectivity index (χ3v) is 2.63. The number of aromatic amines is 1. The summed E-state index contributed by atoms with van der Waals surface area (Å²) in [5.41, 5.74) is 0.960. The van der Waals surface area contributed by atoms with Crippen LogP contribution in [0.4, 0.5) is 5.69 Å². The van der Waals surface area contributed by atoms with E-state index in [0.717, 1.165) is 0 Å². The van der Waals surface area contributed by atoms with Crippen LogP contribution in [0.3, 0.4) is 0 Å².